The second-order valence-corrected chi connectivity index (χ2v) is 6.42. The van der Waals surface area contributed by atoms with Crippen molar-refractivity contribution < 1.29 is 24.9 Å². The summed E-state index contributed by atoms with van der Waals surface area (Å²) in [4.78, 5) is 38.5. The molecular weight excluding hydrogens is 392 g/mol. The molecule has 0 saturated heterocycles. The number of thioether (sulfide) groups is 1. The molecule has 11 nitrogen and oxygen atoms in total. The van der Waals surface area contributed by atoms with E-state index < -0.39 is 32.9 Å². The standard InChI is InChI=1S/C16H10N4O7S/c21-14-8(5-9(19(24)25)7-12(14)20(26)27)6-13(15(22)23)28-16-17-10-3-1-2-4-11(10)18-16/h1-7,21H,(H,17,18)(H,22,23)/b13-6-. The van der Waals surface area contributed by atoms with Crippen molar-refractivity contribution in [3.8, 4) is 5.75 Å². The third-order valence-electron chi connectivity index (χ3n) is 3.58. The van der Waals surface area contributed by atoms with Crippen molar-refractivity contribution in [2.45, 2.75) is 5.16 Å². The molecule has 0 aliphatic carbocycles. The van der Waals surface area contributed by atoms with E-state index in [0.717, 1.165) is 12.1 Å². The number of carboxylic acid groups (broad SMARTS) is 1. The molecule has 0 radical (unpaired) electrons. The van der Waals surface area contributed by atoms with E-state index in [2.05, 4.69) is 9.97 Å². The van der Waals surface area contributed by atoms with Crippen LogP contribution in [0, 0.1) is 20.2 Å². The summed E-state index contributed by atoms with van der Waals surface area (Å²) < 4.78 is 0. The van der Waals surface area contributed by atoms with E-state index in [4.69, 9.17) is 0 Å². The molecule has 3 rings (SSSR count). The van der Waals surface area contributed by atoms with Gasteiger partial charge in [0, 0.05) is 11.6 Å². The van der Waals surface area contributed by atoms with Gasteiger partial charge in [-0.2, -0.15) is 0 Å². The Balaban J connectivity index is 2.07. The van der Waals surface area contributed by atoms with E-state index >= 15 is 0 Å². The Bertz CT molecular complexity index is 1120. The number of benzene rings is 2. The summed E-state index contributed by atoms with van der Waals surface area (Å²) in [6, 6.07) is 8.43. The average Bonchev–Trinajstić information content (AvgIpc) is 3.04. The number of carboxylic acids is 1. The van der Waals surface area contributed by atoms with E-state index in [1.807, 2.05) is 0 Å². The molecule has 2 aromatic carbocycles. The number of nitrogens with zero attached hydrogens (tertiary/aromatic N) is 3. The second-order valence-electron chi connectivity index (χ2n) is 5.39. The van der Waals surface area contributed by atoms with E-state index in [1.165, 1.54) is 0 Å². The van der Waals surface area contributed by atoms with Gasteiger partial charge >= 0.3 is 11.7 Å². The lowest BCUT2D eigenvalue weighted by Crippen LogP contribution is -1.99. The highest BCUT2D eigenvalue weighted by atomic mass is 32.2. The number of non-ortho nitro benzene ring substituents is 1. The molecule has 1 aromatic heterocycles. The highest BCUT2D eigenvalue weighted by Gasteiger charge is 2.24. The van der Waals surface area contributed by atoms with Gasteiger partial charge in [-0.15, -0.1) is 0 Å². The lowest BCUT2D eigenvalue weighted by Gasteiger charge is -2.04. The smallest absolute Gasteiger partial charge is 0.342 e. The minimum atomic E-state index is -1.40. The number of aromatic nitrogens is 2. The summed E-state index contributed by atoms with van der Waals surface area (Å²) in [6.07, 6.45) is 0.912. The third-order valence-corrected chi connectivity index (χ3v) is 4.48. The molecule has 0 saturated carbocycles. The molecule has 12 heteroatoms. The summed E-state index contributed by atoms with van der Waals surface area (Å²) in [5.74, 6) is -2.28. The van der Waals surface area contributed by atoms with Crippen molar-refractivity contribution in [3.63, 3.8) is 0 Å². The van der Waals surface area contributed by atoms with Gasteiger partial charge in [0.15, 0.2) is 5.16 Å². The van der Waals surface area contributed by atoms with Gasteiger partial charge in [-0.3, -0.25) is 20.2 Å². The Morgan fingerprint density at radius 1 is 1.18 bits per heavy atom. The van der Waals surface area contributed by atoms with Gasteiger partial charge in [-0.1, -0.05) is 12.1 Å². The number of aliphatic carboxylic acids is 1. The molecule has 0 atom stereocenters. The highest BCUT2D eigenvalue weighted by molar-refractivity contribution is 8.04. The van der Waals surface area contributed by atoms with E-state index in [0.29, 0.717) is 28.9 Å². The topological polar surface area (TPSA) is 172 Å². The molecule has 0 amide bonds. The van der Waals surface area contributed by atoms with Gasteiger partial charge < -0.3 is 15.2 Å². The maximum absolute atomic E-state index is 11.6. The van der Waals surface area contributed by atoms with Crippen LogP contribution in [0.25, 0.3) is 17.1 Å². The maximum Gasteiger partial charge on any atom is 0.342 e. The van der Waals surface area contributed by atoms with Crippen molar-refractivity contribution in [3.05, 3.63) is 67.1 Å². The Morgan fingerprint density at radius 2 is 1.89 bits per heavy atom. The number of fused-ring (bicyclic) bond motifs is 1. The number of aromatic hydroxyl groups is 1. The molecule has 0 aliphatic heterocycles. The first-order valence-corrected chi connectivity index (χ1v) is 8.31. The Hall–Kier alpha value is -3.93. The molecule has 1 heterocycles. The highest BCUT2D eigenvalue weighted by Crippen LogP contribution is 2.37. The van der Waals surface area contributed by atoms with Gasteiger partial charge in [0.05, 0.1) is 26.9 Å². The number of nitro groups is 2. The van der Waals surface area contributed by atoms with Gasteiger partial charge in [-0.05, 0) is 30.0 Å². The molecular formula is C16H10N4O7S. The van der Waals surface area contributed by atoms with Gasteiger partial charge in [-0.25, -0.2) is 9.78 Å². The number of hydrogen-bond acceptors (Lipinski definition) is 8. The number of carbonyl (C=O) groups is 1. The zero-order valence-electron chi connectivity index (χ0n) is 13.7. The second kappa shape index (κ2) is 7.36. The first-order valence-electron chi connectivity index (χ1n) is 7.49. The number of nitro benzene ring substituents is 2. The van der Waals surface area contributed by atoms with Crippen LogP contribution in [0.4, 0.5) is 11.4 Å². The van der Waals surface area contributed by atoms with Crippen molar-refractivity contribution in [2.24, 2.45) is 0 Å². The summed E-state index contributed by atoms with van der Waals surface area (Å²) in [6.45, 7) is 0. The fourth-order valence-corrected chi connectivity index (χ4v) is 3.12. The minimum Gasteiger partial charge on any atom is -0.502 e. The largest absolute Gasteiger partial charge is 0.502 e. The van der Waals surface area contributed by atoms with Crippen LogP contribution in [0.3, 0.4) is 0 Å². The van der Waals surface area contributed by atoms with E-state index in [1.54, 1.807) is 24.3 Å². The third kappa shape index (κ3) is 3.76. The first kappa shape index (κ1) is 18.8. The molecule has 0 spiro atoms. The number of hydrogen-bond donors (Lipinski definition) is 3. The molecule has 28 heavy (non-hydrogen) atoms. The van der Waals surface area contributed by atoms with Crippen LogP contribution >= 0.6 is 11.8 Å². The van der Waals surface area contributed by atoms with Crippen molar-refractivity contribution >= 4 is 46.2 Å². The monoisotopic (exact) mass is 402 g/mol. The average molecular weight is 402 g/mol. The van der Waals surface area contributed by atoms with Crippen molar-refractivity contribution in [2.75, 3.05) is 0 Å². The Kier molecular flexibility index (Phi) is 4.96. The molecule has 0 bridgehead atoms. The SMILES string of the molecule is O=C(O)/C(=C/c1cc([N+](=O)[O-])cc([N+](=O)[O-])c1O)Sc1nc2ccccc2[nH]1. The molecule has 142 valence electrons. The van der Waals surface area contributed by atoms with Crippen LogP contribution in [0.5, 0.6) is 5.75 Å². The molecule has 0 aliphatic rings. The summed E-state index contributed by atoms with van der Waals surface area (Å²) in [5.41, 5.74) is -0.665. The fraction of sp³-hybridized carbons (Fsp3) is 0. The van der Waals surface area contributed by atoms with Crippen LogP contribution in [-0.2, 0) is 4.79 Å². The van der Waals surface area contributed by atoms with Crippen molar-refractivity contribution in [1.29, 1.82) is 0 Å². The number of imidazole rings is 1. The predicted octanol–water partition coefficient (Wildman–Crippen LogP) is 3.30. The molecule has 3 N–H and O–H groups in total. The van der Waals surface area contributed by atoms with Gasteiger partial charge in [0.25, 0.3) is 5.69 Å². The van der Waals surface area contributed by atoms with Gasteiger partial charge in [0.1, 0.15) is 4.91 Å². The quantitative estimate of drug-likeness (QED) is 0.242. The molecule has 0 fully saturated rings. The number of rotatable bonds is 6. The number of H-pyrrole nitrogens is 1. The predicted molar refractivity (Wildman–Crippen MR) is 99.0 cm³/mol. The number of phenols is 1. The van der Waals surface area contributed by atoms with Crippen LogP contribution in [0.2, 0.25) is 0 Å². The van der Waals surface area contributed by atoms with Gasteiger partial charge in [0.2, 0.25) is 5.75 Å². The number of aromatic amines is 1. The van der Waals surface area contributed by atoms with Crippen LogP contribution < -0.4 is 0 Å². The van der Waals surface area contributed by atoms with Crippen LogP contribution in [0.15, 0.2) is 46.5 Å². The van der Waals surface area contributed by atoms with E-state index in [9.17, 15) is 35.2 Å². The fourth-order valence-electron chi connectivity index (χ4n) is 2.34. The number of nitrogens with one attached hydrogen (secondary N) is 1. The molecule has 0 unspecified atom stereocenters. The van der Waals surface area contributed by atoms with Crippen molar-refractivity contribution in [1.82, 2.24) is 9.97 Å². The van der Waals surface area contributed by atoms with Crippen LogP contribution in [0.1, 0.15) is 5.56 Å². The Labute approximate surface area is 159 Å². The zero-order valence-corrected chi connectivity index (χ0v) is 14.5. The van der Waals surface area contributed by atoms with E-state index in [-0.39, 0.29) is 15.6 Å². The zero-order chi connectivity index (χ0) is 20.4. The lowest BCUT2D eigenvalue weighted by atomic mass is 10.1. The minimum absolute atomic E-state index is 0.231. The summed E-state index contributed by atoms with van der Waals surface area (Å²) >= 11 is 0.699. The van der Waals surface area contributed by atoms with Crippen LogP contribution in [-0.4, -0.2) is 36.0 Å². The first-order chi connectivity index (χ1) is 13.3. The Morgan fingerprint density at radius 3 is 2.50 bits per heavy atom. The normalized spacial score (nSPS) is 11.5. The molecule has 3 aromatic rings. The number of para-hydroxylation sites is 2. The summed E-state index contributed by atoms with van der Waals surface area (Å²) in [5, 5.41) is 41.7. The number of phenolic OH excluding ortho intramolecular Hbond substituents is 1. The summed E-state index contributed by atoms with van der Waals surface area (Å²) in [7, 11) is 0. The maximum atomic E-state index is 11.6. The lowest BCUT2D eigenvalue weighted by molar-refractivity contribution is -0.394.